The van der Waals surface area contributed by atoms with Gasteiger partial charge in [-0.25, -0.2) is 4.39 Å². The summed E-state index contributed by atoms with van der Waals surface area (Å²) in [4.78, 5) is 13.9. The molecule has 1 aliphatic rings. The number of rotatable bonds is 1. The van der Waals surface area contributed by atoms with Crippen molar-refractivity contribution in [1.82, 2.24) is 0 Å². The van der Waals surface area contributed by atoms with Crippen molar-refractivity contribution in [2.24, 2.45) is 16.8 Å². The Bertz CT molecular complexity index is 235. The lowest BCUT2D eigenvalue weighted by molar-refractivity contribution is -0.140. The fourth-order valence-electron chi connectivity index (χ4n) is 0.903. The lowest BCUT2D eigenvalue weighted by atomic mass is 9.93. The van der Waals surface area contributed by atoms with Gasteiger partial charge in [0.2, 0.25) is 0 Å². The van der Waals surface area contributed by atoms with Gasteiger partial charge in [0, 0.05) is 12.1 Å². The zero-order valence-corrected chi connectivity index (χ0v) is 5.99. The lowest BCUT2D eigenvalue weighted by Crippen LogP contribution is -2.25. The highest BCUT2D eigenvalue weighted by molar-refractivity contribution is 5.90. The topological polar surface area (TPSA) is 49.7 Å². The Kier molecular flexibility index (Phi) is 2.03. The molecule has 0 aromatic heterocycles. The molecule has 1 rings (SSSR count). The fourth-order valence-corrected chi connectivity index (χ4v) is 0.903. The van der Waals surface area contributed by atoms with E-state index in [0.29, 0.717) is 0 Å². The summed E-state index contributed by atoms with van der Waals surface area (Å²) >= 11 is 0. The van der Waals surface area contributed by atoms with E-state index in [1.165, 1.54) is 13.1 Å². The van der Waals surface area contributed by atoms with Crippen LogP contribution in [0, 0.1) is 11.8 Å². The highest BCUT2D eigenvalue weighted by Crippen LogP contribution is 2.23. The smallest absolute Gasteiger partial charge is 0.312 e. The van der Waals surface area contributed by atoms with E-state index in [-0.39, 0.29) is 0 Å². The fraction of sp³-hybridized carbons (Fsp3) is 0.429. The summed E-state index contributed by atoms with van der Waals surface area (Å²) in [6, 6.07) is 0. The predicted molar refractivity (Wildman–Crippen MR) is 38.0 cm³/mol. The maximum absolute atomic E-state index is 12.7. The van der Waals surface area contributed by atoms with E-state index in [9.17, 15) is 9.18 Å². The zero-order valence-electron chi connectivity index (χ0n) is 5.99. The van der Waals surface area contributed by atoms with Gasteiger partial charge in [0.15, 0.2) is 0 Å². The molecule has 0 saturated heterocycles. The van der Waals surface area contributed by atoms with Gasteiger partial charge in [0.1, 0.15) is 11.7 Å². The normalized spacial score (nSPS) is 29.8. The van der Waals surface area contributed by atoms with E-state index < -0.39 is 23.6 Å². The largest absolute Gasteiger partial charge is 0.481 e. The number of allylic oxidation sites excluding steroid dienone is 1. The van der Waals surface area contributed by atoms with E-state index in [2.05, 4.69) is 4.99 Å². The number of carboxylic acids is 1. The average molecular weight is 157 g/mol. The van der Waals surface area contributed by atoms with Gasteiger partial charge in [-0.3, -0.25) is 9.79 Å². The molecule has 60 valence electrons. The third kappa shape index (κ3) is 1.45. The molecule has 3 nitrogen and oxygen atoms in total. The van der Waals surface area contributed by atoms with Crippen LogP contribution < -0.4 is 0 Å². The highest BCUT2D eigenvalue weighted by atomic mass is 19.1. The summed E-state index contributed by atoms with van der Waals surface area (Å²) in [5, 5.41) is 8.54. The van der Waals surface area contributed by atoms with E-state index in [1.54, 1.807) is 0 Å². The van der Waals surface area contributed by atoms with Gasteiger partial charge in [-0.05, 0) is 0 Å². The van der Waals surface area contributed by atoms with Crippen molar-refractivity contribution in [1.29, 1.82) is 0 Å². The maximum Gasteiger partial charge on any atom is 0.312 e. The van der Waals surface area contributed by atoms with Crippen molar-refractivity contribution < 1.29 is 14.3 Å². The van der Waals surface area contributed by atoms with Crippen molar-refractivity contribution in [3.05, 3.63) is 12.0 Å². The van der Waals surface area contributed by atoms with Crippen LogP contribution in [0.15, 0.2) is 17.0 Å². The van der Waals surface area contributed by atoms with E-state index >= 15 is 0 Å². The Morgan fingerprint density at radius 1 is 1.82 bits per heavy atom. The number of aliphatic carboxylic acids is 1. The van der Waals surface area contributed by atoms with Crippen molar-refractivity contribution in [2.45, 2.75) is 6.92 Å². The first-order valence-electron chi connectivity index (χ1n) is 3.24. The van der Waals surface area contributed by atoms with Crippen LogP contribution in [0.5, 0.6) is 0 Å². The van der Waals surface area contributed by atoms with Crippen molar-refractivity contribution in [3.8, 4) is 0 Å². The van der Waals surface area contributed by atoms with Crippen molar-refractivity contribution >= 4 is 12.2 Å². The molecule has 2 unspecified atom stereocenters. The molecule has 1 heterocycles. The van der Waals surface area contributed by atoms with Crippen LogP contribution in [-0.2, 0) is 4.79 Å². The molecular weight excluding hydrogens is 149 g/mol. The molecule has 2 atom stereocenters. The standard InChI is InChI=1S/C7H8FNO2/c1-4-5(7(10)11)2-9-3-6(4)8/h2-5H,1H3,(H,10,11). The molecule has 1 aliphatic heterocycles. The Balaban J connectivity index is 2.81. The SMILES string of the molecule is CC1C(F)=CN=CC1C(=O)O. The molecule has 11 heavy (non-hydrogen) atoms. The van der Waals surface area contributed by atoms with Crippen LogP contribution in [0.3, 0.4) is 0 Å². The molecule has 0 bridgehead atoms. The lowest BCUT2D eigenvalue weighted by Gasteiger charge is -2.16. The highest BCUT2D eigenvalue weighted by Gasteiger charge is 2.28. The summed E-state index contributed by atoms with van der Waals surface area (Å²) < 4.78 is 12.7. The number of aliphatic imine (C=N–C) groups is 1. The minimum Gasteiger partial charge on any atom is -0.481 e. The molecule has 0 aromatic rings. The molecule has 0 spiro atoms. The van der Waals surface area contributed by atoms with Crippen LogP contribution in [0.2, 0.25) is 0 Å². The minimum atomic E-state index is -1.04. The second-order valence-corrected chi connectivity index (χ2v) is 2.46. The Labute approximate surface area is 63.3 Å². The van der Waals surface area contributed by atoms with E-state index in [1.807, 2.05) is 0 Å². The number of carbonyl (C=O) groups is 1. The van der Waals surface area contributed by atoms with Gasteiger partial charge in [-0.1, -0.05) is 6.92 Å². The maximum atomic E-state index is 12.7. The van der Waals surface area contributed by atoms with Gasteiger partial charge >= 0.3 is 5.97 Å². The molecule has 0 aliphatic carbocycles. The summed E-state index contributed by atoms with van der Waals surface area (Å²) in [5.74, 6) is -2.92. The summed E-state index contributed by atoms with van der Waals surface area (Å²) in [6.45, 7) is 1.52. The second-order valence-electron chi connectivity index (χ2n) is 2.46. The van der Waals surface area contributed by atoms with Crippen molar-refractivity contribution in [3.63, 3.8) is 0 Å². The monoisotopic (exact) mass is 157 g/mol. The molecular formula is C7H8FNO2. The van der Waals surface area contributed by atoms with Gasteiger partial charge in [0.25, 0.3) is 0 Å². The molecule has 0 amide bonds. The third-order valence-electron chi connectivity index (χ3n) is 1.70. The average Bonchev–Trinajstić information content (AvgIpc) is 1.94. The van der Waals surface area contributed by atoms with Crippen molar-refractivity contribution in [2.75, 3.05) is 0 Å². The minimum absolute atomic E-state index is 0.472. The van der Waals surface area contributed by atoms with Gasteiger partial charge < -0.3 is 5.11 Å². The Morgan fingerprint density at radius 2 is 2.45 bits per heavy atom. The molecule has 1 N–H and O–H groups in total. The van der Waals surface area contributed by atoms with Crippen LogP contribution >= 0.6 is 0 Å². The first kappa shape index (κ1) is 7.91. The molecule has 4 heteroatoms. The first-order valence-corrected chi connectivity index (χ1v) is 3.24. The first-order chi connectivity index (χ1) is 5.13. The molecule has 0 radical (unpaired) electrons. The van der Waals surface area contributed by atoms with Crippen LogP contribution in [0.1, 0.15) is 6.92 Å². The number of hydrogen-bond acceptors (Lipinski definition) is 2. The summed E-state index contributed by atoms with van der Waals surface area (Å²) in [6.07, 6.45) is 2.29. The zero-order chi connectivity index (χ0) is 8.43. The number of nitrogens with zero attached hydrogens (tertiary/aromatic N) is 1. The van der Waals surface area contributed by atoms with Crippen LogP contribution in [-0.4, -0.2) is 17.3 Å². The number of carboxylic acid groups (broad SMARTS) is 1. The molecule has 0 fully saturated rings. The third-order valence-corrected chi connectivity index (χ3v) is 1.70. The van der Waals surface area contributed by atoms with Crippen LogP contribution in [0.25, 0.3) is 0 Å². The van der Waals surface area contributed by atoms with E-state index in [0.717, 1.165) is 6.20 Å². The Hall–Kier alpha value is -1.19. The summed E-state index contributed by atoms with van der Waals surface area (Å²) in [7, 11) is 0. The molecule has 0 aromatic carbocycles. The summed E-state index contributed by atoms with van der Waals surface area (Å²) in [5.41, 5.74) is 0. The second kappa shape index (κ2) is 2.82. The number of halogens is 1. The van der Waals surface area contributed by atoms with Crippen LogP contribution in [0.4, 0.5) is 4.39 Å². The van der Waals surface area contributed by atoms with Gasteiger partial charge in [0.05, 0.1) is 6.20 Å². The van der Waals surface area contributed by atoms with Gasteiger partial charge in [-0.15, -0.1) is 0 Å². The Morgan fingerprint density at radius 3 is 2.91 bits per heavy atom. The predicted octanol–water partition coefficient (Wildman–Crippen LogP) is 1.22. The quantitative estimate of drug-likeness (QED) is 0.622. The van der Waals surface area contributed by atoms with Gasteiger partial charge in [-0.2, -0.15) is 0 Å². The molecule has 0 saturated carbocycles. The number of hydrogen-bond donors (Lipinski definition) is 1. The van der Waals surface area contributed by atoms with E-state index in [4.69, 9.17) is 5.11 Å².